The number of hydrogen-bond donors (Lipinski definition) is 2. The molecule has 3 aromatic rings. The summed E-state index contributed by atoms with van der Waals surface area (Å²) in [7, 11) is -1.47. The molecule has 1 unspecified atom stereocenters. The second kappa shape index (κ2) is 9.41. The lowest BCUT2D eigenvalue weighted by atomic mass is 9.88. The fourth-order valence-electron chi connectivity index (χ4n) is 4.06. The van der Waals surface area contributed by atoms with Gasteiger partial charge in [0, 0.05) is 60.1 Å². The molecule has 3 N–H and O–H groups in total. The van der Waals surface area contributed by atoms with E-state index in [2.05, 4.69) is 63.4 Å². The molecule has 0 spiro atoms. The van der Waals surface area contributed by atoms with Crippen LogP contribution in [0.3, 0.4) is 0 Å². The van der Waals surface area contributed by atoms with Gasteiger partial charge in [0.15, 0.2) is 0 Å². The highest BCUT2D eigenvalue weighted by atomic mass is 32.3. The average Bonchev–Trinajstić information content (AvgIpc) is 2.78. The summed E-state index contributed by atoms with van der Waals surface area (Å²) in [5, 5.41) is 4.51. The Bertz CT molecular complexity index is 955. The van der Waals surface area contributed by atoms with Gasteiger partial charge in [-0.1, -0.05) is 28.5 Å². The first-order valence-corrected chi connectivity index (χ1v) is 12.8. The largest absolute Gasteiger partial charge is 0.327 e. The molecule has 1 aliphatic heterocycles. The molecule has 0 saturated carbocycles. The first-order chi connectivity index (χ1) is 14.5. The van der Waals surface area contributed by atoms with Crippen LogP contribution in [-0.2, 0) is 10.7 Å². The zero-order valence-electron chi connectivity index (χ0n) is 17.7. The summed E-state index contributed by atoms with van der Waals surface area (Å²) in [6.45, 7) is 1.85. The summed E-state index contributed by atoms with van der Waals surface area (Å²) in [5.74, 6) is 0.510. The number of nitrogens with one attached hydrogen (secondary N) is 1. The Morgan fingerprint density at radius 2 is 1.97 bits per heavy atom. The van der Waals surface area contributed by atoms with Gasteiger partial charge in [-0.2, -0.15) is 0 Å². The Balaban J connectivity index is 1.31. The van der Waals surface area contributed by atoms with E-state index in [1.54, 1.807) is 0 Å². The number of fused-ring (bicyclic) bond motifs is 1. The molecular formula is C23H31N5OS. The lowest BCUT2D eigenvalue weighted by Gasteiger charge is -2.38. The van der Waals surface area contributed by atoms with Crippen molar-refractivity contribution in [1.29, 1.82) is 0 Å². The summed E-state index contributed by atoms with van der Waals surface area (Å²) in [6, 6.07) is 14.6. The van der Waals surface area contributed by atoms with Gasteiger partial charge in [0.05, 0.1) is 0 Å². The predicted octanol–water partition coefficient (Wildman–Crippen LogP) is 3.69. The van der Waals surface area contributed by atoms with Crippen LogP contribution < -0.4 is 11.3 Å². The molecule has 1 atom stereocenters. The summed E-state index contributed by atoms with van der Waals surface area (Å²) >= 11 is 0. The van der Waals surface area contributed by atoms with E-state index >= 15 is 0 Å². The molecule has 6 nitrogen and oxygen atoms in total. The summed E-state index contributed by atoms with van der Waals surface area (Å²) in [5.41, 5.74) is 10.8. The Hall–Kier alpha value is -2.03. The third kappa shape index (κ3) is 4.99. The first kappa shape index (κ1) is 21.2. The number of hydrogen-bond acceptors (Lipinski definition) is 6. The van der Waals surface area contributed by atoms with Crippen molar-refractivity contribution < 1.29 is 4.28 Å². The van der Waals surface area contributed by atoms with E-state index in [0.717, 1.165) is 43.4 Å². The van der Waals surface area contributed by atoms with Gasteiger partial charge in [0.2, 0.25) is 0 Å². The van der Waals surface area contributed by atoms with Gasteiger partial charge in [-0.05, 0) is 60.9 Å². The number of benzene rings is 1. The van der Waals surface area contributed by atoms with Crippen molar-refractivity contribution in [3.8, 4) is 0 Å². The molecule has 1 aliphatic rings. The number of nitrogens with two attached hydrogens (primary N) is 1. The second-order valence-electron chi connectivity index (χ2n) is 8.27. The summed E-state index contributed by atoms with van der Waals surface area (Å²) in [6.07, 6.45) is 12.9. The Kier molecular flexibility index (Phi) is 6.65. The average molecular weight is 426 g/mol. The molecule has 160 valence electrons. The molecule has 0 radical (unpaired) electrons. The van der Waals surface area contributed by atoms with E-state index in [1.165, 1.54) is 10.3 Å². The Labute approximate surface area is 180 Å². The van der Waals surface area contributed by atoms with Gasteiger partial charge >= 0.3 is 0 Å². The standard InChI is InChI=1S/C23H31N5OS/c1-30(2,23-8-5-6-19-17-25-13-9-21(19)23)29-27-28-14-10-18(11-15-28)22(24)16-20-7-3-4-12-26-20/h3-9,12-13,17-18,22,27H,10-11,14-16,24H2,1-2H3. The monoisotopic (exact) mass is 425 g/mol. The van der Waals surface area contributed by atoms with E-state index in [1.807, 2.05) is 30.7 Å². The minimum atomic E-state index is -1.47. The molecule has 1 aromatic carbocycles. The maximum absolute atomic E-state index is 6.49. The van der Waals surface area contributed by atoms with Gasteiger partial charge in [0.1, 0.15) is 0 Å². The van der Waals surface area contributed by atoms with Gasteiger partial charge in [-0.25, -0.2) is 9.29 Å². The SMILES string of the molecule is CS(C)(ONN1CCC(C(N)Cc2ccccn2)CC1)c1cccc2cnccc12. The van der Waals surface area contributed by atoms with Crippen LogP contribution in [0.1, 0.15) is 18.5 Å². The number of aromatic nitrogens is 2. The first-order valence-electron chi connectivity index (χ1n) is 10.4. The van der Waals surface area contributed by atoms with Crippen molar-refractivity contribution in [3.05, 3.63) is 66.7 Å². The predicted molar refractivity (Wildman–Crippen MR) is 124 cm³/mol. The lowest BCUT2D eigenvalue weighted by molar-refractivity contribution is -0.0110. The van der Waals surface area contributed by atoms with Crippen LogP contribution in [0.2, 0.25) is 0 Å². The molecule has 1 fully saturated rings. The summed E-state index contributed by atoms with van der Waals surface area (Å²) in [4.78, 5) is 9.87. The van der Waals surface area contributed by atoms with Crippen LogP contribution in [0.4, 0.5) is 0 Å². The number of nitrogens with zero attached hydrogens (tertiary/aromatic N) is 3. The molecule has 30 heavy (non-hydrogen) atoms. The molecule has 0 aliphatic carbocycles. The topological polar surface area (TPSA) is 76.3 Å². The van der Waals surface area contributed by atoms with E-state index in [0.29, 0.717) is 5.92 Å². The number of pyridine rings is 2. The molecule has 0 amide bonds. The lowest BCUT2D eigenvalue weighted by Crippen LogP contribution is -2.47. The Morgan fingerprint density at radius 3 is 2.73 bits per heavy atom. The van der Waals surface area contributed by atoms with Gasteiger partial charge in [-0.3, -0.25) is 9.97 Å². The maximum Gasteiger partial charge on any atom is 0.0419 e. The van der Waals surface area contributed by atoms with Crippen molar-refractivity contribution in [1.82, 2.24) is 20.6 Å². The molecule has 0 bridgehead atoms. The Morgan fingerprint density at radius 1 is 1.13 bits per heavy atom. The number of hydrazine groups is 1. The highest BCUT2D eigenvalue weighted by Crippen LogP contribution is 2.52. The van der Waals surface area contributed by atoms with Crippen LogP contribution in [0.25, 0.3) is 10.8 Å². The third-order valence-electron chi connectivity index (χ3n) is 5.86. The smallest absolute Gasteiger partial charge is 0.0419 e. The van der Waals surface area contributed by atoms with Crippen LogP contribution in [0, 0.1) is 5.92 Å². The molecule has 2 aromatic heterocycles. The third-order valence-corrected chi connectivity index (χ3v) is 7.77. The summed E-state index contributed by atoms with van der Waals surface area (Å²) < 4.78 is 6.25. The van der Waals surface area contributed by atoms with E-state index in [4.69, 9.17) is 10.0 Å². The quantitative estimate of drug-likeness (QED) is 0.562. The molecule has 4 rings (SSSR count). The molecule has 7 heteroatoms. The van der Waals surface area contributed by atoms with Crippen molar-refractivity contribution in [2.75, 3.05) is 25.6 Å². The van der Waals surface area contributed by atoms with Gasteiger partial charge in [-0.15, -0.1) is 5.59 Å². The van der Waals surface area contributed by atoms with Crippen molar-refractivity contribution in [3.63, 3.8) is 0 Å². The van der Waals surface area contributed by atoms with E-state index in [9.17, 15) is 0 Å². The van der Waals surface area contributed by atoms with E-state index < -0.39 is 10.3 Å². The molecule has 1 saturated heterocycles. The van der Waals surface area contributed by atoms with Crippen molar-refractivity contribution >= 4 is 21.1 Å². The maximum atomic E-state index is 6.49. The van der Waals surface area contributed by atoms with Crippen LogP contribution >= 0.6 is 10.3 Å². The fourth-order valence-corrected chi connectivity index (χ4v) is 5.56. The van der Waals surface area contributed by atoms with Crippen LogP contribution in [-0.4, -0.2) is 46.6 Å². The normalized spacial score (nSPS) is 17.8. The van der Waals surface area contributed by atoms with Crippen LogP contribution in [0.5, 0.6) is 0 Å². The highest BCUT2D eigenvalue weighted by Gasteiger charge is 2.26. The molecular weight excluding hydrogens is 394 g/mol. The minimum Gasteiger partial charge on any atom is -0.327 e. The molecule has 3 heterocycles. The second-order valence-corrected chi connectivity index (χ2v) is 11.3. The fraction of sp³-hybridized carbons (Fsp3) is 0.391. The van der Waals surface area contributed by atoms with Crippen molar-refractivity contribution in [2.45, 2.75) is 30.2 Å². The van der Waals surface area contributed by atoms with Crippen LogP contribution in [0.15, 0.2) is 66.0 Å². The van der Waals surface area contributed by atoms with E-state index in [-0.39, 0.29) is 6.04 Å². The van der Waals surface area contributed by atoms with Gasteiger partial charge < -0.3 is 5.73 Å². The minimum absolute atomic E-state index is 0.148. The van der Waals surface area contributed by atoms with Crippen molar-refractivity contribution in [2.24, 2.45) is 11.7 Å². The zero-order chi connectivity index (χ0) is 21.0. The number of piperidine rings is 1. The number of rotatable bonds is 7. The highest BCUT2D eigenvalue weighted by molar-refractivity contribution is 8.28. The zero-order valence-corrected chi connectivity index (χ0v) is 18.5. The van der Waals surface area contributed by atoms with Gasteiger partial charge in [0.25, 0.3) is 0 Å².